The van der Waals surface area contributed by atoms with Crippen LogP contribution in [0.4, 0.5) is 5.69 Å². The lowest BCUT2D eigenvalue weighted by Crippen LogP contribution is -2.50. The molecule has 0 radical (unpaired) electrons. The van der Waals surface area contributed by atoms with Gasteiger partial charge in [-0.2, -0.15) is 0 Å². The molecule has 1 aliphatic heterocycles. The summed E-state index contributed by atoms with van der Waals surface area (Å²) in [7, 11) is 2.01. The number of amidine groups is 1. The smallest absolute Gasteiger partial charge is 0.243 e. The van der Waals surface area contributed by atoms with Crippen LogP contribution in [0.5, 0.6) is 0 Å². The highest BCUT2D eigenvalue weighted by atomic mass is 16.2. The molecule has 1 saturated carbocycles. The van der Waals surface area contributed by atoms with Crippen LogP contribution >= 0.6 is 0 Å². The maximum Gasteiger partial charge on any atom is 0.243 e. The minimum Gasteiger partial charge on any atom is -0.384 e. The van der Waals surface area contributed by atoms with Gasteiger partial charge in [-0.05, 0) is 60.7 Å². The van der Waals surface area contributed by atoms with E-state index in [2.05, 4.69) is 58.0 Å². The molecule has 0 spiro atoms. The molecule has 2 aliphatic rings. The highest BCUT2D eigenvalue weighted by Crippen LogP contribution is 2.36. The second-order valence-corrected chi connectivity index (χ2v) is 9.59. The Morgan fingerprint density at radius 3 is 2.53 bits per heavy atom. The molecule has 6 heteroatoms. The van der Waals surface area contributed by atoms with Crippen molar-refractivity contribution in [1.29, 1.82) is 5.41 Å². The van der Waals surface area contributed by atoms with E-state index in [0.29, 0.717) is 24.6 Å². The van der Waals surface area contributed by atoms with Crippen LogP contribution in [0.1, 0.15) is 42.4 Å². The summed E-state index contributed by atoms with van der Waals surface area (Å²) in [6, 6.07) is 21.1. The molecule has 5 N–H and O–H groups in total. The third-order valence-corrected chi connectivity index (χ3v) is 7.50. The predicted molar refractivity (Wildman–Crippen MR) is 138 cm³/mol. The number of rotatable bonds is 6. The summed E-state index contributed by atoms with van der Waals surface area (Å²) in [4.78, 5) is 15.8. The molecule has 0 saturated heterocycles. The fourth-order valence-corrected chi connectivity index (χ4v) is 5.53. The van der Waals surface area contributed by atoms with E-state index >= 15 is 0 Å². The summed E-state index contributed by atoms with van der Waals surface area (Å²) in [5.41, 5.74) is 9.80. The Labute approximate surface area is 201 Å². The van der Waals surface area contributed by atoms with Crippen molar-refractivity contribution in [2.24, 2.45) is 5.73 Å². The Kier molecular flexibility index (Phi) is 6.24. The SMILES string of the molecule is CN[C@H]1CC[C@H](NC(=O)C2Cc3ccc(C(=N)N)cc3N2Cc2cccc3ccccc23)CC1. The van der Waals surface area contributed by atoms with E-state index in [9.17, 15) is 4.79 Å². The number of carbonyl (C=O) groups excluding carboxylic acids is 1. The van der Waals surface area contributed by atoms with Crippen LogP contribution in [0.15, 0.2) is 60.7 Å². The Balaban J connectivity index is 1.44. The van der Waals surface area contributed by atoms with Crippen molar-refractivity contribution in [3.8, 4) is 0 Å². The van der Waals surface area contributed by atoms with Crippen LogP contribution in [-0.4, -0.2) is 36.9 Å². The lowest BCUT2D eigenvalue weighted by molar-refractivity contribution is -0.123. The fourth-order valence-electron chi connectivity index (χ4n) is 5.53. The zero-order valence-corrected chi connectivity index (χ0v) is 19.7. The van der Waals surface area contributed by atoms with Gasteiger partial charge in [-0.25, -0.2) is 0 Å². The van der Waals surface area contributed by atoms with Gasteiger partial charge in [-0.3, -0.25) is 10.2 Å². The highest BCUT2D eigenvalue weighted by molar-refractivity contribution is 5.97. The zero-order valence-electron chi connectivity index (χ0n) is 19.7. The Bertz CT molecular complexity index is 1210. The summed E-state index contributed by atoms with van der Waals surface area (Å²) >= 11 is 0. The van der Waals surface area contributed by atoms with Gasteiger partial charge in [-0.15, -0.1) is 0 Å². The number of nitrogens with two attached hydrogens (primary N) is 1. The number of carbonyl (C=O) groups is 1. The molecule has 3 aromatic rings. The average molecular weight is 456 g/mol. The number of amides is 1. The molecule has 0 bridgehead atoms. The first kappa shape index (κ1) is 22.4. The highest BCUT2D eigenvalue weighted by Gasteiger charge is 2.36. The predicted octanol–water partition coefficient (Wildman–Crippen LogP) is 3.70. The number of hydrogen-bond acceptors (Lipinski definition) is 4. The van der Waals surface area contributed by atoms with Crippen LogP contribution in [0.3, 0.4) is 0 Å². The first-order valence-corrected chi connectivity index (χ1v) is 12.2. The average Bonchev–Trinajstić information content (AvgIpc) is 3.22. The van der Waals surface area contributed by atoms with E-state index in [1.165, 1.54) is 16.3 Å². The molecule has 176 valence electrons. The van der Waals surface area contributed by atoms with Gasteiger partial charge >= 0.3 is 0 Å². The lowest BCUT2D eigenvalue weighted by Gasteiger charge is -2.32. The van der Waals surface area contributed by atoms with Gasteiger partial charge in [0.05, 0.1) is 0 Å². The Hall–Kier alpha value is -3.38. The number of nitrogen functional groups attached to an aromatic ring is 1. The summed E-state index contributed by atoms with van der Waals surface area (Å²) < 4.78 is 0. The molecule has 1 amide bonds. The first-order chi connectivity index (χ1) is 16.5. The number of hydrogen-bond donors (Lipinski definition) is 4. The summed E-state index contributed by atoms with van der Waals surface area (Å²) in [6.45, 7) is 0.625. The first-order valence-electron chi connectivity index (χ1n) is 12.2. The fraction of sp³-hybridized carbons (Fsp3) is 0.357. The van der Waals surface area contributed by atoms with E-state index in [4.69, 9.17) is 11.1 Å². The van der Waals surface area contributed by atoms with Crippen molar-refractivity contribution >= 4 is 28.2 Å². The number of anilines is 1. The summed E-state index contributed by atoms with van der Waals surface area (Å²) in [5, 5.41) is 17.0. The van der Waals surface area contributed by atoms with Crippen LogP contribution in [0.25, 0.3) is 10.8 Å². The molecule has 6 nitrogen and oxygen atoms in total. The molecule has 34 heavy (non-hydrogen) atoms. The normalized spacial score (nSPS) is 21.9. The van der Waals surface area contributed by atoms with Crippen LogP contribution in [0, 0.1) is 5.41 Å². The molecule has 1 fully saturated rings. The molecule has 3 aromatic carbocycles. The van der Waals surface area contributed by atoms with E-state index in [1.807, 2.05) is 25.2 Å². The third-order valence-electron chi connectivity index (χ3n) is 7.50. The van der Waals surface area contributed by atoms with Gasteiger partial charge < -0.3 is 21.3 Å². The van der Waals surface area contributed by atoms with Gasteiger partial charge in [0.15, 0.2) is 0 Å². The number of nitrogens with one attached hydrogen (secondary N) is 3. The quantitative estimate of drug-likeness (QED) is 0.337. The Morgan fingerprint density at radius 1 is 1.03 bits per heavy atom. The van der Waals surface area contributed by atoms with Crippen molar-refractivity contribution < 1.29 is 4.79 Å². The van der Waals surface area contributed by atoms with Crippen LogP contribution in [-0.2, 0) is 17.8 Å². The minimum atomic E-state index is -0.279. The van der Waals surface area contributed by atoms with E-state index < -0.39 is 0 Å². The van der Waals surface area contributed by atoms with Crippen molar-refractivity contribution in [2.75, 3.05) is 11.9 Å². The van der Waals surface area contributed by atoms with E-state index in [1.54, 1.807) is 0 Å². The van der Waals surface area contributed by atoms with Crippen molar-refractivity contribution in [3.63, 3.8) is 0 Å². The van der Waals surface area contributed by atoms with Gasteiger partial charge in [0, 0.05) is 36.3 Å². The lowest BCUT2D eigenvalue weighted by atomic mass is 9.91. The second kappa shape index (κ2) is 9.47. The van der Waals surface area contributed by atoms with Crippen molar-refractivity contribution in [1.82, 2.24) is 10.6 Å². The molecular formula is C28H33N5O. The monoisotopic (exact) mass is 455 g/mol. The standard InChI is InChI=1S/C28H33N5O/c1-31-22-11-13-23(14-12-22)32-28(34)26-15-19-9-10-20(27(29)30)16-25(19)33(26)17-21-7-4-6-18-5-2-3-8-24(18)21/h2-10,16,22-23,26,31H,11-15,17H2,1H3,(H3,29,30)(H,32,34)/t22-,23-,26?. The minimum absolute atomic E-state index is 0.0436. The summed E-state index contributed by atoms with van der Waals surface area (Å²) in [6.07, 6.45) is 4.86. The maximum absolute atomic E-state index is 13.6. The van der Waals surface area contributed by atoms with Crippen LogP contribution < -0.4 is 21.3 Å². The van der Waals surface area contributed by atoms with Gasteiger partial charge in [0.2, 0.25) is 5.91 Å². The largest absolute Gasteiger partial charge is 0.384 e. The molecule has 5 rings (SSSR count). The molecule has 1 aliphatic carbocycles. The van der Waals surface area contributed by atoms with Crippen molar-refractivity contribution in [3.05, 3.63) is 77.4 Å². The van der Waals surface area contributed by atoms with Gasteiger partial charge in [0.1, 0.15) is 11.9 Å². The second-order valence-electron chi connectivity index (χ2n) is 9.59. The van der Waals surface area contributed by atoms with Gasteiger partial charge in [-0.1, -0.05) is 54.6 Å². The zero-order chi connectivity index (χ0) is 23.7. The van der Waals surface area contributed by atoms with Crippen molar-refractivity contribution in [2.45, 2.75) is 56.8 Å². The molecule has 1 unspecified atom stereocenters. The molecule has 1 atom stereocenters. The van der Waals surface area contributed by atoms with Gasteiger partial charge in [0.25, 0.3) is 0 Å². The molecule has 1 heterocycles. The number of nitrogens with zero attached hydrogens (tertiary/aromatic N) is 1. The molecular weight excluding hydrogens is 422 g/mol. The van der Waals surface area contributed by atoms with E-state index in [0.717, 1.165) is 36.9 Å². The number of benzene rings is 3. The third kappa shape index (κ3) is 4.38. The number of fused-ring (bicyclic) bond motifs is 2. The van der Waals surface area contributed by atoms with E-state index in [-0.39, 0.29) is 23.8 Å². The van der Waals surface area contributed by atoms with Crippen LogP contribution in [0.2, 0.25) is 0 Å². The topological polar surface area (TPSA) is 94.2 Å². The Morgan fingerprint density at radius 2 is 1.76 bits per heavy atom. The molecule has 0 aromatic heterocycles. The summed E-state index contributed by atoms with van der Waals surface area (Å²) in [5.74, 6) is 0.135. The maximum atomic E-state index is 13.6.